The Bertz CT molecular complexity index is 1870. The number of thioether (sulfide) groups is 1. The molecule has 15 heteroatoms. The minimum Gasteiger partial charge on any atom is -0.458 e. The van der Waals surface area contributed by atoms with Gasteiger partial charge in [-0.3, -0.25) is 19.4 Å². The van der Waals surface area contributed by atoms with Crippen LogP contribution in [0.3, 0.4) is 0 Å². The smallest absolute Gasteiger partial charge is 0.329 e. The molecule has 0 aliphatic carbocycles. The molecule has 0 unspecified atom stereocenters. The Morgan fingerprint density at radius 1 is 0.962 bits per heavy atom. The van der Waals surface area contributed by atoms with Crippen LogP contribution in [0.2, 0.25) is 0 Å². The number of hydrogen-bond acceptors (Lipinski definition) is 10. The normalized spacial score (nSPS) is 18.4. The topological polar surface area (TPSA) is 172 Å². The number of nitrogens with two attached hydrogens (primary N) is 1. The van der Waals surface area contributed by atoms with E-state index in [0.717, 1.165) is 9.87 Å². The van der Waals surface area contributed by atoms with Crippen LogP contribution in [0.4, 0.5) is 5.69 Å². The van der Waals surface area contributed by atoms with Crippen molar-refractivity contribution >= 4 is 51.2 Å². The fourth-order valence-electron chi connectivity index (χ4n) is 6.12. The van der Waals surface area contributed by atoms with E-state index < -0.39 is 44.3 Å². The molecule has 0 spiro atoms. The van der Waals surface area contributed by atoms with Crippen LogP contribution in [-0.2, 0) is 42.0 Å². The van der Waals surface area contributed by atoms with Crippen molar-refractivity contribution in [1.82, 2.24) is 24.4 Å². The van der Waals surface area contributed by atoms with E-state index in [9.17, 15) is 27.6 Å². The molecule has 5 rings (SSSR count). The SMILES string of the molecule is CC(C)(C)OC(=O)[C@H](Cc1ccc(CC(=O)N2CCN(C(=O)c3ccc(N)cc3)CC2)cc1)NC(=O)[C@H]1N(S(=O)(=O)c2cccnc2)CSC1(C)C. The van der Waals surface area contributed by atoms with Crippen LogP contribution < -0.4 is 11.1 Å². The van der Waals surface area contributed by atoms with Crippen LogP contribution in [0, 0.1) is 0 Å². The number of esters is 1. The number of pyridine rings is 1. The van der Waals surface area contributed by atoms with Crippen molar-refractivity contribution in [2.24, 2.45) is 0 Å². The van der Waals surface area contributed by atoms with Crippen molar-refractivity contribution in [2.75, 3.05) is 37.8 Å². The van der Waals surface area contributed by atoms with Gasteiger partial charge in [0.15, 0.2) is 0 Å². The molecule has 52 heavy (non-hydrogen) atoms. The van der Waals surface area contributed by atoms with Gasteiger partial charge in [-0.2, -0.15) is 4.31 Å². The molecule has 3 aromatic rings. The van der Waals surface area contributed by atoms with Crippen LogP contribution in [-0.4, -0.2) is 106 Å². The number of benzene rings is 2. The van der Waals surface area contributed by atoms with E-state index in [0.29, 0.717) is 43.0 Å². The highest BCUT2D eigenvalue weighted by Gasteiger charge is 2.51. The maximum absolute atomic E-state index is 14.0. The average molecular weight is 751 g/mol. The molecular formula is C37H46N6O7S2. The number of aromatic nitrogens is 1. The van der Waals surface area contributed by atoms with Crippen LogP contribution in [0.25, 0.3) is 0 Å². The van der Waals surface area contributed by atoms with Crippen molar-refractivity contribution in [3.63, 3.8) is 0 Å². The monoisotopic (exact) mass is 750 g/mol. The molecule has 0 saturated carbocycles. The first-order valence-corrected chi connectivity index (χ1v) is 19.5. The number of hydrogen-bond donors (Lipinski definition) is 2. The predicted molar refractivity (Wildman–Crippen MR) is 199 cm³/mol. The van der Waals surface area contributed by atoms with Crippen molar-refractivity contribution in [1.29, 1.82) is 0 Å². The second kappa shape index (κ2) is 15.6. The molecule has 3 heterocycles. The number of amides is 3. The Labute approximate surface area is 309 Å². The summed E-state index contributed by atoms with van der Waals surface area (Å²) in [6.07, 6.45) is 2.95. The Balaban J connectivity index is 1.24. The van der Waals surface area contributed by atoms with E-state index in [-0.39, 0.29) is 35.4 Å². The summed E-state index contributed by atoms with van der Waals surface area (Å²) in [5.41, 5.74) is 7.52. The minimum atomic E-state index is -4.07. The summed E-state index contributed by atoms with van der Waals surface area (Å²) in [4.78, 5) is 60.8. The third-order valence-corrected chi connectivity index (χ3v) is 12.2. The first-order valence-electron chi connectivity index (χ1n) is 17.0. The van der Waals surface area contributed by atoms with Crippen molar-refractivity contribution in [2.45, 2.75) is 74.8 Å². The number of anilines is 1. The lowest BCUT2D eigenvalue weighted by molar-refractivity contribution is -0.158. The molecule has 0 bridgehead atoms. The minimum absolute atomic E-state index is 0.0277. The summed E-state index contributed by atoms with van der Waals surface area (Å²) in [6, 6.07) is 14.7. The van der Waals surface area contributed by atoms with Gasteiger partial charge >= 0.3 is 5.97 Å². The quantitative estimate of drug-likeness (QED) is 0.232. The van der Waals surface area contributed by atoms with Gasteiger partial charge in [0, 0.05) is 61.0 Å². The molecule has 3 amide bonds. The molecule has 2 aliphatic heterocycles. The third-order valence-electron chi connectivity index (χ3n) is 8.90. The Kier molecular flexibility index (Phi) is 11.7. The first kappa shape index (κ1) is 38.8. The lowest BCUT2D eigenvalue weighted by atomic mass is 10.00. The van der Waals surface area contributed by atoms with Crippen molar-refractivity contribution in [3.05, 3.63) is 89.7 Å². The lowest BCUT2D eigenvalue weighted by Crippen LogP contribution is -2.57. The van der Waals surface area contributed by atoms with E-state index in [1.54, 1.807) is 92.9 Å². The number of nitrogens with zero attached hydrogens (tertiary/aromatic N) is 4. The average Bonchev–Trinajstić information content (AvgIpc) is 3.44. The third kappa shape index (κ3) is 9.30. The van der Waals surface area contributed by atoms with Gasteiger partial charge in [0.05, 0.1) is 12.3 Å². The van der Waals surface area contributed by atoms with Gasteiger partial charge in [0.2, 0.25) is 21.8 Å². The summed E-state index contributed by atoms with van der Waals surface area (Å²) >= 11 is 1.33. The molecule has 2 aromatic carbocycles. The maximum atomic E-state index is 14.0. The molecule has 1 aromatic heterocycles. The molecule has 3 N–H and O–H groups in total. The largest absolute Gasteiger partial charge is 0.458 e. The lowest BCUT2D eigenvalue weighted by Gasteiger charge is -2.35. The molecule has 2 aliphatic rings. The number of carbonyl (C=O) groups excluding carboxylic acids is 4. The van der Waals surface area contributed by atoms with E-state index in [4.69, 9.17) is 10.5 Å². The molecule has 0 radical (unpaired) electrons. The van der Waals surface area contributed by atoms with Gasteiger partial charge in [-0.15, -0.1) is 11.8 Å². The molecule has 2 fully saturated rings. The molecule has 2 saturated heterocycles. The van der Waals surface area contributed by atoms with Gasteiger partial charge < -0.3 is 25.6 Å². The highest BCUT2D eigenvalue weighted by molar-refractivity contribution is 8.02. The van der Waals surface area contributed by atoms with Crippen molar-refractivity contribution < 1.29 is 32.3 Å². The van der Waals surface area contributed by atoms with E-state index in [2.05, 4.69) is 10.3 Å². The number of rotatable bonds is 10. The summed E-state index contributed by atoms with van der Waals surface area (Å²) in [7, 11) is -4.07. The Morgan fingerprint density at radius 3 is 2.17 bits per heavy atom. The highest BCUT2D eigenvalue weighted by Crippen LogP contribution is 2.42. The molecule has 13 nitrogen and oxygen atoms in total. The summed E-state index contributed by atoms with van der Waals surface area (Å²) in [5.74, 6) is -1.37. The number of nitrogens with one attached hydrogen (secondary N) is 1. The number of nitrogen functional groups attached to an aromatic ring is 1. The van der Waals surface area contributed by atoms with Crippen LogP contribution in [0.15, 0.2) is 78.0 Å². The summed E-state index contributed by atoms with van der Waals surface area (Å²) in [6.45, 7) is 10.5. The second-order valence-electron chi connectivity index (χ2n) is 14.4. The zero-order chi connectivity index (χ0) is 37.8. The molecule has 278 valence electrons. The van der Waals surface area contributed by atoms with Gasteiger partial charge in [0.25, 0.3) is 5.91 Å². The number of piperazine rings is 1. The summed E-state index contributed by atoms with van der Waals surface area (Å²) < 4.78 is 33.2. The van der Waals surface area contributed by atoms with E-state index in [1.165, 1.54) is 36.3 Å². The Morgan fingerprint density at radius 2 is 1.58 bits per heavy atom. The summed E-state index contributed by atoms with van der Waals surface area (Å²) in [5, 5.41) is 2.81. The standard InChI is InChI=1S/C37H46N6O7S2/c1-36(2,3)50-35(47)30(40-33(45)32-37(4,5)51-24-43(32)52(48,49)29-7-6-16-39-23-29)21-25-8-10-26(11-9-25)22-31(44)41-17-19-42(20-18-41)34(46)27-12-14-28(38)15-13-27/h6-16,23,30,32H,17-22,24,38H2,1-5H3,(H,40,45)/t30-,32+/m0/s1. The molecule has 2 atom stereocenters. The van der Waals surface area contributed by atoms with Gasteiger partial charge in [-0.1, -0.05) is 24.3 Å². The first-order chi connectivity index (χ1) is 24.4. The highest BCUT2D eigenvalue weighted by atomic mass is 32.2. The van der Waals surface area contributed by atoms with Gasteiger partial charge in [-0.25, -0.2) is 13.2 Å². The maximum Gasteiger partial charge on any atom is 0.329 e. The number of carbonyl (C=O) groups is 4. The van der Waals surface area contributed by atoms with Crippen molar-refractivity contribution in [3.8, 4) is 0 Å². The Hall–Kier alpha value is -4.47. The van der Waals surface area contributed by atoms with Crippen LogP contribution in [0.1, 0.15) is 56.1 Å². The van der Waals surface area contributed by atoms with Crippen LogP contribution >= 0.6 is 11.8 Å². The number of ether oxygens (including phenoxy) is 1. The van der Waals surface area contributed by atoms with E-state index >= 15 is 0 Å². The van der Waals surface area contributed by atoms with Crippen LogP contribution in [0.5, 0.6) is 0 Å². The second-order valence-corrected chi connectivity index (χ2v) is 17.9. The van der Waals surface area contributed by atoms with Gasteiger partial charge in [-0.05, 0) is 82.1 Å². The predicted octanol–water partition coefficient (Wildman–Crippen LogP) is 3.10. The number of sulfonamides is 1. The zero-order valence-corrected chi connectivity index (χ0v) is 31.7. The fraction of sp³-hybridized carbons (Fsp3) is 0.432. The zero-order valence-electron chi connectivity index (χ0n) is 30.1. The fourth-order valence-corrected chi connectivity index (χ4v) is 9.25. The van der Waals surface area contributed by atoms with Gasteiger partial charge in [0.1, 0.15) is 22.6 Å². The van der Waals surface area contributed by atoms with E-state index in [1.807, 2.05) is 0 Å². The molecular weight excluding hydrogens is 705 g/mol.